The van der Waals surface area contributed by atoms with Crippen molar-refractivity contribution in [3.05, 3.63) is 57.3 Å². The van der Waals surface area contributed by atoms with Gasteiger partial charge in [0.1, 0.15) is 6.04 Å². The summed E-state index contributed by atoms with van der Waals surface area (Å²) < 4.78 is 0. The molecule has 2 atom stereocenters. The number of nitrogens with one attached hydrogen (secondary N) is 3. The summed E-state index contributed by atoms with van der Waals surface area (Å²) >= 11 is 1.79. The number of nitrogens with zero attached hydrogens (tertiary/aromatic N) is 1. The summed E-state index contributed by atoms with van der Waals surface area (Å²) in [5.74, 6) is 0.0954. The third kappa shape index (κ3) is 3.99. The standard InChI is InChI=1S/C20H26N4OS/c1-14-7-8-19(26-14)17-11-18(23-22-17)20(25)21-9-4-10-24-12-15-5-2-3-6-16(15)13-24/h2-3,5-8,17-18,22-23H,4,9-13H2,1H3,(H,21,25). The van der Waals surface area contributed by atoms with Crippen molar-refractivity contribution in [1.29, 1.82) is 0 Å². The van der Waals surface area contributed by atoms with Crippen LogP contribution in [0.15, 0.2) is 36.4 Å². The van der Waals surface area contributed by atoms with Gasteiger partial charge in [0.25, 0.3) is 0 Å². The zero-order valence-electron chi connectivity index (χ0n) is 15.1. The third-order valence-corrected chi connectivity index (χ3v) is 6.30. The molecule has 0 bridgehead atoms. The maximum Gasteiger partial charge on any atom is 0.238 e. The molecule has 2 aromatic rings. The number of thiophene rings is 1. The van der Waals surface area contributed by atoms with E-state index in [4.69, 9.17) is 0 Å². The monoisotopic (exact) mass is 370 g/mol. The number of benzene rings is 1. The van der Waals surface area contributed by atoms with Gasteiger partial charge in [-0.3, -0.25) is 9.69 Å². The molecule has 26 heavy (non-hydrogen) atoms. The molecule has 4 rings (SSSR count). The first-order chi connectivity index (χ1) is 12.7. The number of hydrogen-bond donors (Lipinski definition) is 3. The number of amides is 1. The van der Waals surface area contributed by atoms with E-state index in [1.807, 2.05) is 0 Å². The van der Waals surface area contributed by atoms with Gasteiger partial charge in [-0.1, -0.05) is 24.3 Å². The fourth-order valence-corrected chi connectivity index (χ4v) is 4.70. The molecule has 138 valence electrons. The summed E-state index contributed by atoms with van der Waals surface area (Å²) in [6, 6.07) is 13.0. The van der Waals surface area contributed by atoms with Gasteiger partial charge in [-0.2, -0.15) is 0 Å². The van der Waals surface area contributed by atoms with Crippen LogP contribution in [0.5, 0.6) is 0 Å². The summed E-state index contributed by atoms with van der Waals surface area (Å²) in [5.41, 5.74) is 9.27. The topological polar surface area (TPSA) is 56.4 Å². The Bertz CT molecular complexity index is 750. The Labute approximate surface area is 158 Å². The second kappa shape index (κ2) is 7.88. The van der Waals surface area contributed by atoms with Gasteiger partial charge in [0.2, 0.25) is 5.91 Å². The van der Waals surface area contributed by atoms with Crippen LogP contribution in [0.3, 0.4) is 0 Å². The second-order valence-electron chi connectivity index (χ2n) is 7.20. The van der Waals surface area contributed by atoms with Crippen molar-refractivity contribution in [2.45, 2.75) is 44.9 Å². The number of carbonyl (C=O) groups is 1. The highest BCUT2D eigenvalue weighted by molar-refractivity contribution is 7.12. The lowest BCUT2D eigenvalue weighted by Gasteiger charge is -2.15. The highest BCUT2D eigenvalue weighted by Crippen LogP contribution is 2.28. The Kier molecular flexibility index (Phi) is 5.36. The predicted octanol–water partition coefficient (Wildman–Crippen LogP) is 2.49. The van der Waals surface area contributed by atoms with Crippen molar-refractivity contribution in [2.24, 2.45) is 0 Å². The van der Waals surface area contributed by atoms with E-state index in [0.29, 0.717) is 0 Å². The lowest BCUT2D eigenvalue weighted by Crippen LogP contribution is -2.43. The molecule has 1 aromatic carbocycles. The van der Waals surface area contributed by atoms with Crippen LogP contribution >= 0.6 is 11.3 Å². The number of hydrazine groups is 1. The van der Waals surface area contributed by atoms with Gasteiger partial charge in [-0.15, -0.1) is 11.3 Å². The Morgan fingerprint density at radius 2 is 1.96 bits per heavy atom. The zero-order chi connectivity index (χ0) is 17.9. The Morgan fingerprint density at radius 1 is 1.19 bits per heavy atom. The van der Waals surface area contributed by atoms with Crippen molar-refractivity contribution in [1.82, 2.24) is 21.1 Å². The molecule has 0 saturated carbocycles. The third-order valence-electron chi connectivity index (χ3n) is 5.18. The molecule has 2 aliphatic rings. The van der Waals surface area contributed by atoms with E-state index in [1.54, 1.807) is 11.3 Å². The average molecular weight is 371 g/mol. The van der Waals surface area contributed by atoms with E-state index in [2.05, 4.69) is 64.4 Å². The quantitative estimate of drug-likeness (QED) is 0.684. The largest absolute Gasteiger partial charge is 0.355 e. The number of aryl methyl sites for hydroxylation is 1. The summed E-state index contributed by atoms with van der Waals surface area (Å²) in [5, 5.41) is 3.08. The van der Waals surface area contributed by atoms with E-state index in [9.17, 15) is 4.79 Å². The molecule has 0 radical (unpaired) electrons. The Hall–Kier alpha value is -1.73. The van der Waals surface area contributed by atoms with Gasteiger partial charge in [0.15, 0.2) is 0 Å². The van der Waals surface area contributed by atoms with Gasteiger partial charge in [-0.25, -0.2) is 10.9 Å². The van der Waals surface area contributed by atoms with Gasteiger partial charge in [0.05, 0.1) is 6.04 Å². The van der Waals surface area contributed by atoms with E-state index in [0.717, 1.165) is 39.0 Å². The first-order valence-corrected chi connectivity index (χ1v) is 10.1. The highest BCUT2D eigenvalue weighted by atomic mass is 32.1. The van der Waals surface area contributed by atoms with E-state index < -0.39 is 0 Å². The predicted molar refractivity (Wildman–Crippen MR) is 105 cm³/mol. The van der Waals surface area contributed by atoms with Crippen LogP contribution in [0.4, 0.5) is 0 Å². The minimum atomic E-state index is -0.154. The average Bonchev–Trinajstić information content (AvgIpc) is 3.36. The minimum Gasteiger partial charge on any atom is -0.355 e. The lowest BCUT2D eigenvalue weighted by atomic mass is 10.1. The molecular weight excluding hydrogens is 344 g/mol. The maximum atomic E-state index is 12.4. The van der Waals surface area contributed by atoms with Crippen LogP contribution in [-0.2, 0) is 17.9 Å². The molecule has 3 N–H and O–H groups in total. The molecular formula is C20H26N4OS. The molecule has 5 nitrogen and oxygen atoms in total. The van der Waals surface area contributed by atoms with E-state index >= 15 is 0 Å². The van der Waals surface area contributed by atoms with Gasteiger partial charge >= 0.3 is 0 Å². The molecule has 1 amide bonds. The second-order valence-corrected chi connectivity index (χ2v) is 8.52. The van der Waals surface area contributed by atoms with Crippen molar-refractivity contribution in [3.8, 4) is 0 Å². The van der Waals surface area contributed by atoms with Crippen LogP contribution in [0, 0.1) is 6.92 Å². The van der Waals surface area contributed by atoms with Gasteiger partial charge < -0.3 is 5.32 Å². The van der Waals surface area contributed by atoms with Crippen LogP contribution in [0.1, 0.15) is 39.8 Å². The normalized spacial score (nSPS) is 22.5. The molecule has 6 heteroatoms. The number of hydrogen-bond acceptors (Lipinski definition) is 5. The number of rotatable bonds is 6. The number of carbonyl (C=O) groups excluding carboxylic acids is 1. The first kappa shape index (κ1) is 17.7. The van der Waals surface area contributed by atoms with Crippen molar-refractivity contribution in [3.63, 3.8) is 0 Å². The van der Waals surface area contributed by atoms with Crippen molar-refractivity contribution >= 4 is 17.2 Å². The van der Waals surface area contributed by atoms with Crippen LogP contribution in [0.25, 0.3) is 0 Å². The number of fused-ring (bicyclic) bond motifs is 1. The fraction of sp³-hybridized carbons (Fsp3) is 0.450. The summed E-state index contributed by atoms with van der Waals surface area (Å²) in [4.78, 5) is 17.4. The molecule has 1 saturated heterocycles. The van der Waals surface area contributed by atoms with E-state index in [1.165, 1.54) is 20.9 Å². The van der Waals surface area contributed by atoms with Gasteiger partial charge in [-0.05, 0) is 43.0 Å². The van der Waals surface area contributed by atoms with Crippen LogP contribution < -0.4 is 16.2 Å². The van der Waals surface area contributed by atoms with Crippen LogP contribution in [0.2, 0.25) is 0 Å². The maximum absolute atomic E-state index is 12.4. The molecule has 2 aliphatic heterocycles. The van der Waals surface area contributed by atoms with Crippen molar-refractivity contribution in [2.75, 3.05) is 13.1 Å². The molecule has 0 spiro atoms. The summed E-state index contributed by atoms with van der Waals surface area (Å²) in [6.07, 6.45) is 1.78. The SMILES string of the molecule is Cc1ccc(C2CC(C(=O)NCCCN3Cc4ccccc4C3)NN2)s1. The molecule has 1 fully saturated rings. The Morgan fingerprint density at radius 3 is 2.65 bits per heavy atom. The van der Waals surface area contributed by atoms with E-state index in [-0.39, 0.29) is 18.0 Å². The summed E-state index contributed by atoms with van der Waals surface area (Å²) in [6.45, 7) is 5.91. The highest BCUT2D eigenvalue weighted by Gasteiger charge is 2.30. The first-order valence-electron chi connectivity index (χ1n) is 9.33. The van der Waals surface area contributed by atoms with Crippen LogP contribution in [-0.4, -0.2) is 29.9 Å². The molecule has 3 heterocycles. The fourth-order valence-electron chi connectivity index (χ4n) is 3.75. The lowest BCUT2D eigenvalue weighted by molar-refractivity contribution is -0.122. The Balaban J connectivity index is 1.16. The molecule has 1 aromatic heterocycles. The molecule has 2 unspecified atom stereocenters. The molecule has 0 aliphatic carbocycles. The van der Waals surface area contributed by atoms with Gasteiger partial charge in [0, 0.05) is 35.9 Å². The summed E-state index contributed by atoms with van der Waals surface area (Å²) in [7, 11) is 0. The minimum absolute atomic E-state index is 0.0954. The van der Waals surface area contributed by atoms with Crippen molar-refractivity contribution < 1.29 is 4.79 Å². The smallest absolute Gasteiger partial charge is 0.238 e. The zero-order valence-corrected chi connectivity index (χ0v) is 15.9.